The molecular formula is C11H8N2S. The Morgan fingerprint density at radius 2 is 2.00 bits per heavy atom. The van der Waals surface area contributed by atoms with Crippen molar-refractivity contribution in [1.82, 2.24) is 9.97 Å². The van der Waals surface area contributed by atoms with Crippen LogP contribution in [-0.2, 0) is 0 Å². The van der Waals surface area contributed by atoms with Gasteiger partial charge in [-0.2, -0.15) is 0 Å². The summed E-state index contributed by atoms with van der Waals surface area (Å²) in [7, 11) is 0. The summed E-state index contributed by atoms with van der Waals surface area (Å²) in [5.41, 5.74) is 2.05. The highest BCUT2D eigenvalue weighted by atomic mass is 32.1. The second-order valence-corrected chi connectivity index (χ2v) is 4.43. The lowest BCUT2D eigenvalue weighted by molar-refractivity contribution is 1.32. The first-order chi connectivity index (χ1) is 6.84. The van der Waals surface area contributed by atoms with Crippen molar-refractivity contribution in [3.05, 3.63) is 35.5 Å². The summed E-state index contributed by atoms with van der Waals surface area (Å²) in [4.78, 5) is 8.79. The highest BCUT2D eigenvalue weighted by Gasteiger charge is 2.04. The van der Waals surface area contributed by atoms with Crippen LogP contribution in [0.5, 0.6) is 0 Å². The molecule has 68 valence electrons. The van der Waals surface area contributed by atoms with Gasteiger partial charge in [0.15, 0.2) is 0 Å². The van der Waals surface area contributed by atoms with Crippen molar-refractivity contribution in [2.75, 3.05) is 0 Å². The smallest absolute Gasteiger partial charge is 0.100 e. The van der Waals surface area contributed by atoms with Crippen LogP contribution < -0.4 is 0 Å². The SMILES string of the molecule is Cc1nc2cnc3ccccc3c2s1. The predicted molar refractivity (Wildman–Crippen MR) is 59.7 cm³/mol. The fraction of sp³-hybridized carbons (Fsp3) is 0.0909. The number of rotatable bonds is 0. The Labute approximate surface area is 85.2 Å². The van der Waals surface area contributed by atoms with Gasteiger partial charge in [0.05, 0.1) is 21.4 Å². The molecule has 0 radical (unpaired) electrons. The molecule has 0 bridgehead atoms. The van der Waals surface area contributed by atoms with Gasteiger partial charge in [0.2, 0.25) is 0 Å². The third-order valence-corrected chi connectivity index (χ3v) is 3.25. The van der Waals surface area contributed by atoms with Gasteiger partial charge in [-0.25, -0.2) is 4.98 Å². The zero-order valence-electron chi connectivity index (χ0n) is 7.69. The van der Waals surface area contributed by atoms with Gasteiger partial charge in [0.1, 0.15) is 5.52 Å². The molecule has 2 heterocycles. The van der Waals surface area contributed by atoms with E-state index < -0.39 is 0 Å². The number of aryl methyl sites for hydroxylation is 1. The molecule has 0 saturated heterocycles. The third-order valence-electron chi connectivity index (χ3n) is 2.23. The molecule has 0 N–H and O–H groups in total. The van der Waals surface area contributed by atoms with E-state index in [2.05, 4.69) is 16.0 Å². The lowest BCUT2D eigenvalue weighted by Gasteiger charge is -1.95. The number of hydrogen-bond acceptors (Lipinski definition) is 3. The molecule has 3 aromatic rings. The van der Waals surface area contributed by atoms with Crippen LogP contribution in [0.15, 0.2) is 30.5 Å². The van der Waals surface area contributed by atoms with Crippen molar-refractivity contribution < 1.29 is 0 Å². The Balaban J connectivity index is 2.60. The molecule has 0 atom stereocenters. The second kappa shape index (κ2) is 2.75. The molecule has 14 heavy (non-hydrogen) atoms. The molecule has 0 amide bonds. The van der Waals surface area contributed by atoms with Gasteiger partial charge in [0, 0.05) is 5.39 Å². The number of para-hydroxylation sites is 1. The third kappa shape index (κ3) is 1.02. The lowest BCUT2D eigenvalue weighted by Crippen LogP contribution is -1.78. The van der Waals surface area contributed by atoms with Crippen LogP contribution in [0.4, 0.5) is 0 Å². The summed E-state index contributed by atoms with van der Waals surface area (Å²) < 4.78 is 1.24. The van der Waals surface area contributed by atoms with Crippen molar-refractivity contribution in [3.8, 4) is 0 Å². The largest absolute Gasteiger partial charge is 0.254 e. The van der Waals surface area contributed by atoms with E-state index in [0.717, 1.165) is 16.0 Å². The fourth-order valence-corrected chi connectivity index (χ4v) is 2.56. The fourth-order valence-electron chi connectivity index (χ4n) is 1.63. The van der Waals surface area contributed by atoms with E-state index in [1.54, 1.807) is 11.3 Å². The minimum absolute atomic E-state index is 1.01. The highest BCUT2D eigenvalue weighted by Crippen LogP contribution is 2.27. The molecule has 0 spiro atoms. The summed E-state index contributed by atoms with van der Waals surface area (Å²) in [6.07, 6.45) is 1.85. The van der Waals surface area contributed by atoms with Crippen LogP contribution in [0.2, 0.25) is 0 Å². The minimum Gasteiger partial charge on any atom is -0.254 e. The maximum absolute atomic E-state index is 4.42. The number of pyridine rings is 1. The summed E-state index contributed by atoms with van der Waals surface area (Å²) in [6, 6.07) is 8.18. The van der Waals surface area contributed by atoms with Gasteiger partial charge in [-0.05, 0) is 13.0 Å². The van der Waals surface area contributed by atoms with E-state index in [1.807, 2.05) is 31.3 Å². The molecule has 0 aliphatic carbocycles. The van der Waals surface area contributed by atoms with Crippen molar-refractivity contribution in [2.45, 2.75) is 6.92 Å². The summed E-state index contributed by atoms with van der Waals surface area (Å²) in [6.45, 7) is 2.03. The first kappa shape index (κ1) is 7.88. The van der Waals surface area contributed by atoms with Crippen molar-refractivity contribution in [1.29, 1.82) is 0 Å². The zero-order valence-corrected chi connectivity index (χ0v) is 8.51. The Bertz CT molecular complexity index is 613. The van der Waals surface area contributed by atoms with E-state index in [1.165, 1.54) is 10.1 Å². The van der Waals surface area contributed by atoms with E-state index in [-0.39, 0.29) is 0 Å². The first-order valence-corrected chi connectivity index (χ1v) is 5.27. The number of fused-ring (bicyclic) bond motifs is 3. The molecule has 0 saturated carbocycles. The Kier molecular flexibility index (Phi) is 1.55. The topological polar surface area (TPSA) is 25.8 Å². The van der Waals surface area contributed by atoms with Crippen LogP contribution in [0, 0.1) is 6.92 Å². The van der Waals surface area contributed by atoms with E-state index >= 15 is 0 Å². The van der Waals surface area contributed by atoms with Crippen LogP contribution in [0.25, 0.3) is 21.1 Å². The van der Waals surface area contributed by atoms with Crippen LogP contribution >= 0.6 is 11.3 Å². The van der Waals surface area contributed by atoms with E-state index in [0.29, 0.717) is 0 Å². The van der Waals surface area contributed by atoms with Crippen LogP contribution in [0.3, 0.4) is 0 Å². The number of benzene rings is 1. The second-order valence-electron chi connectivity index (χ2n) is 3.22. The number of nitrogens with zero attached hydrogens (tertiary/aromatic N) is 2. The van der Waals surface area contributed by atoms with Gasteiger partial charge in [-0.1, -0.05) is 18.2 Å². The molecule has 3 heteroatoms. The van der Waals surface area contributed by atoms with Gasteiger partial charge in [-0.3, -0.25) is 4.98 Å². The number of aromatic nitrogens is 2. The van der Waals surface area contributed by atoms with Gasteiger partial charge in [0.25, 0.3) is 0 Å². The van der Waals surface area contributed by atoms with Crippen LogP contribution in [-0.4, -0.2) is 9.97 Å². The Morgan fingerprint density at radius 1 is 1.14 bits per heavy atom. The van der Waals surface area contributed by atoms with Gasteiger partial charge < -0.3 is 0 Å². The molecule has 0 fully saturated rings. The maximum Gasteiger partial charge on any atom is 0.100 e. The summed E-state index contributed by atoms with van der Waals surface area (Å²) in [5, 5.41) is 2.30. The predicted octanol–water partition coefficient (Wildman–Crippen LogP) is 3.15. The van der Waals surface area contributed by atoms with E-state index in [4.69, 9.17) is 0 Å². The quantitative estimate of drug-likeness (QED) is 0.557. The summed E-state index contributed by atoms with van der Waals surface area (Å²) in [5.74, 6) is 0. The number of thiazole rings is 1. The van der Waals surface area contributed by atoms with Gasteiger partial charge >= 0.3 is 0 Å². The van der Waals surface area contributed by atoms with Crippen LogP contribution in [0.1, 0.15) is 5.01 Å². The van der Waals surface area contributed by atoms with Crippen molar-refractivity contribution in [2.24, 2.45) is 0 Å². The molecule has 2 aromatic heterocycles. The van der Waals surface area contributed by atoms with Crippen molar-refractivity contribution >= 4 is 32.5 Å². The molecule has 2 nitrogen and oxygen atoms in total. The Hall–Kier alpha value is -1.48. The molecule has 3 rings (SSSR count). The first-order valence-electron chi connectivity index (χ1n) is 4.45. The summed E-state index contributed by atoms with van der Waals surface area (Å²) >= 11 is 1.73. The molecule has 0 aliphatic rings. The van der Waals surface area contributed by atoms with Gasteiger partial charge in [-0.15, -0.1) is 11.3 Å². The molecule has 0 aliphatic heterocycles. The monoisotopic (exact) mass is 200 g/mol. The highest BCUT2D eigenvalue weighted by molar-refractivity contribution is 7.19. The maximum atomic E-state index is 4.42. The number of hydrogen-bond donors (Lipinski definition) is 0. The van der Waals surface area contributed by atoms with Crippen molar-refractivity contribution in [3.63, 3.8) is 0 Å². The molecule has 0 unspecified atom stereocenters. The Morgan fingerprint density at radius 3 is 2.93 bits per heavy atom. The van der Waals surface area contributed by atoms with E-state index in [9.17, 15) is 0 Å². The standard InChI is InChI=1S/C11H8N2S/c1-7-13-10-6-12-9-5-3-2-4-8(9)11(10)14-7/h2-6H,1H3. The average Bonchev–Trinajstić information content (AvgIpc) is 2.59. The normalized spacial score (nSPS) is 11.2. The molecule has 1 aromatic carbocycles. The lowest BCUT2D eigenvalue weighted by atomic mass is 10.2. The average molecular weight is 200 g/mol. The molecular weight excluding hydrogens is 192 g/mol. The zero-order chi connectivity index (χ0) is 9.54. The minimum atomic E-state index is 1.01.